The van der Waals surface area contributed by atoms with E-state index in [-0.39, 0.29) is 23.4 Å². The van der Waals surface area contributed by atoms with Crippen LogP contribution in [-0.2, 0) is 5.41 Å². The van der Waals surface area contributed by atoms with Gasteiger partial charge in [0.25, 0.3) is 11.8 Å². The average Bonchev–Trinajstić information content (AvgIpc) is 3.50. The lowest BCUT2D eigenvalue weighted by molar-refractivity contribution is 0.0724. The van der Waals surface area contributed by atoms with Crippen molar-refractivity contribution in [3.8, 4) is 0 Å². The van der Waals surface area contributed by atoms with E-state index in [0.29, 0.717) is 49.3 Å². The summed E-state index contributed by atoms with van der Waals surface area (Å²) in [5, 5.41) is 3.96. The summed E-state index contributed by atoms with van der Waals surface area (Å²) in [6.07, 6.45) is 1.38. The van der Waals surface area contributed by atoms with Gasteiger partial charge in [-0.3, -0.25) is 9.59 Å². The van der Waals surface area contributed by atoms with Crippen LogP contribution in [0.15, 0.2) is 45.5 Å². The molecule has 5 rings (SSSR count). The van der Waals surface area contributed by atoms with E-state index in [4.69, 9.17) is 8.94 Å². The molecule has 2 saturated heterocycles. The van der Waals surface area contributed by atoms with Crippen LogP contribution < -0.4 is 0 Å². The highest BCUT2D eigenvalue weighted by molar-refractivity contribution is 5.95. The van der Waals surface area contributed by atoms with Gasteiger partial charge in [0.1, 0.15) is 6.26 Å². The van der Waals surface area contributed by atoms with Crippen LogP contribution in [0.5, 0.6) is 0 Å². The van der Waals surface area contributed by atoms with Crippen molar-refractivity contribution in [2.24, 2.45) is 5.92 Å². The minimum Gasteiger partial charge on any atom is -0.448 e. The fraction of sp³-hybridized carbons (Fsp3) is 0.381. The topological polar surface area (TPSA) is 106 Å². The Labute approximate surface area is 172 Å². The number of fused-ring (bicyclic) bond motifs is 1. The van der Waals surface area contributed by atoms with Gasteiger partial charge in [-0.25, -0.2) is 4.98 Å². The Morgan fingerprint density at radius 2 is 1.73 bits per heavy atom. The maximum atomic E-state index is 13.1. The van der Waals surface area contributed by atoms with Crippen LogP contribution in [0.3, 0.4) is 0 Å². The monoisotopic (exact) mass is 407 g/mol. The first-order chi connectivity index (χ1) is 14.5. The van der Waals surface area contributed by atoms with Crippen molar-refractivity contribution < 1.29 is 18.5 Å². The highest BCUT2D eigenvalue weighted by Gasteiger charge is 2.59. The van der Waals surface area contributed by atoms with Crippen molar-refractivity contribution in [1.82, 2.24) is 24.9 Å². The quantitative estimate of drug-likeness (QED) is 0.652. The van der Waals surface area contributed by atoms with Gasteiger partial charge in [0.15, 0.2) is 17.4 Å². The smallest absolute Gasteiger partial charge is 0.275 e. The van der Waals surface area contributed by atoms with Gasteiger partial charge in [0.2, 0.25) is 5.89 Å². The van der Waals surface area contributed by atoms with Gasteiger partial charge < -0.3 is 18.7 Å². The number of hydrogen-bond donors (Lipinski definition) is 0. The van der Waals surface area contributed by atoms with E-state index in [1.807, 2.05) is 35.2 Å². The number of aromatic nitrogens is 3. The molecule has 2 aliphatic heterocycles. The number of rotatable bonds is 3. The van der Waals surface area contributed by atoms with Crippen LogP contribution >= 0.6 is 0 Å². The lowest BCUT2D eigenvalue weighted by Crippen LogP contribution is -2.41. The molecule has 4 heterocycles. The van der Waals surface area contributed by atoms with E-state index in [9.17, 15) is 9.59 Å². The van der Waals surface area contributed by atoms with Gasteiger partial charge in [-0.1, -0.05) is 23.4 Å². The Morgan fingerprint density at radius 1 is 1.03 bits per heavy atom. The zero-order valence-corrected chi connectivity index (χ0v) is 16.7. The SMILES string of the molecule is Cc1noc([C@@]23CN(C(=O)c4ccccc4)C[C@@H]2CN(C(=O)c2coc(C)n2)C3)n1. The molecule has 0 spiro atoms. The molecule has 2 atom stereocenters. The third-order valence-electron chi connectivity index (χ3n) is 6.00. The third-order valence-corrected chi connectivity index (χ3v) is 6.00. The van der Waals surface area contributed by atoms with Crippen LogP contribution in [0, 0.1) is 19.8 Å². The van der Waals surface area contributed by atoms with Crippen molar-refractivity contribution in [1.29, 1.82) is 0 Å². The van der Waals surface area contributed by atoms with E-state index in [1.165, 1.54) is 6.26 Å². The van der Waals surface area contributed by atoms with Crippen LogP contribution in [0.4, 0.5) is 0 Å². The zero-order chi connectivity index (χ0) is 20.9. The number of hydrogen-bond acceptors (Lipinski definition) is 7. The summed E-state index contributed by atoms with van der Waals surface area (Å²) in [5.74, 6) is 1.20. The molecule has 30 heavy (non-hydrogen) atoms. The number of aryl methyl sites for hydroxylation is 2. The maximum Gasteiger partial charge on any atom is 0.275 e. The molecule has 0 unspecified atom stereocenters. The van der Waals surface area contributed by atoms with Gasteiger partial charge in [-0.15, -0.1) is 0 Å². The Balaban J connectivity index is 1.45. The van der Waals surface area contributed by atoms with Gasteiger partial charge in [-0.2, -0.15) is 4.98 Å². The number of benzene rings is 1. The number of nitrogens with zero attached hydrogens (tertiary/aromatic N) is 5. The summed E-state index contributed by atoms with van der Waals surface area (Å²) in [6.45, 7) is 5.24. The molecular weight excluding hydrogens is 386 g/mol. The van der Waals surface area contributed by atoms with Crippen molar-refractivity contribution in [3.63, 3.8) is 0 Å². The molecule has 2 fully saturated rings. The van der Waals surface area contributed by atoms with Crippen molar-refractivity contribution in [2.45, 2.75) is 19.3 Å². The molecule has 0 aliphatic carbocycles. The molecule has 0 N–H and O–H groups in total. The predicted molar refractivity (Wildman–Crippen MR) is 104 cm³/mol. The molecule has 0 saturated carbocycles. The molecule has 9 heteroatoms. The molecule has 0 bridgehead atoms. The van der Waals surface area contributed by atoms with Gasteiger partial charge >= 0.3 is 0 Å². The molecule has 2 aliphatic rings. The van der Waals surface area contributed by atoms with Crippen LogP contribution in [0.1, 0.15) is 38.5 Å². The van der Waals surface area contributed by atoms with Gasteiger partial charge in [0.05, 0.1) is 5.41 Å². The summed E-state index contributed by atoms with van der Waals surface area (Å²) in [7, 11) is 0. The Kier molecular flexibility index (Phi) is 4.19. The fourth-order valence-electron chi connectivity index (χ4n) is 4.56. The molecule has 9 nitrogen and oxygen atoms in total. The van der Waals surface area contributed by atoms with E-state index in [0.717, 1.165) is 0 Å². The minimum atomic E-state index is -0.597. The first-order valence-corrected chi connectivity index (χ1v) is 9.83. The second-order valence-electron chi connectivity index (χ2n) is 7.99. The van der Waals surface area contributed by atoms with E-state index < -0.39 is 5.41 Å². The van der Waals surface area contributed by atoms with Gasteiger partial charge in [0, 0.05) is 44.6 Å². The first kappa shape index (κ1) is 18.5. The standard InChI is InChI=1S/C21H21N5O4/c1-13-22-20(30-24-13)21-11-25(18(27)15-6-4-3-5-7-15)8-16(21)9-26(12-21)19(28)17-10-29-14(2)23-17/h3-7,10,16H,8-9,11-12H2,1-2H3/t16-,21-/m1/s1. The second kappa shape index (κ2) is 6.79. The largest absolute Gasteiger partial charge is 0.448 e. The number of likely N-dealkylation sites (tertiary alicyclic amines) is 2. The van der Waals surface area contributed by atoms with Crippen LogP contribution in [0.2, 0.25) is 0 Å². The summed E-state index contributed by atoms with van der Waals surface area (Å²) >= 11 is 0. The predicted octanol–water partition coefficient (Wildman–Crippen LogP) is 1.84. The van der Waals surface area contributed by atoms with Crippen molar-refractivity contribution in [3.05, 3.63) is 65.5 Å². The number of oxazole rings is 1. The summed E-state index contributed by atoms with van der Waals surface area (Å²) < 4.78 is 10.8. The average molecular weight is 407 g/mol. The number of carbonyl (C=O) groups excluding carboxylic acids is 2. The van der Waals surface area contributed by atoms with E-state index >= 15 is 0 Å². The molecule has 154 valence electrons. The molecule has 3 aromatic rings. The Bertz CT molecular complexity index is 1110. The van der Waals surface area contributed by atoms with E-state index in [2.05, 4.69) is 15.1 Å². The number of amides is 2. The van der Waals surface area contributed by atoms with E-state index in [1.54, 1.807) is 18.7 Å². The summed E-state index contributed by atoms with van der Waals surface area (Å²) in [4.78, 5) is 38.2. The molecule has 2 amide bonds. The van der Waals surface area contributed by atoms with Crippen molar-refractivity contribution in [2.75, 3.05) is 26.2 Å². The summed E-state index contributed by atoms with van der Waals surface area (Å²) in [6, 6.07) is 9.20. The van der Waals surface area contributed by atoms with Crippen molar-refractivity contribution >= 4 is 11.8 Å². The first-order valence-electron chi connectivity index (χ1n) is 9.83. The normalized spacial score (nSPS) is 23.1. The van der Waals surface area contributed by atoms with Gasteiger partial charge in [-0.05, 0) is 19.1 Å². The molecular formula is C21H21N5O4. The zero-order valence-electron chi connectivity index (χ0n) is 16.7. The molecule has 1 aromatic carbocycles. The number of carbonyl (C=O) groups is 2. The highest BCUT2D eigenvalue weighted by Crippen LogP contribution is 2.45. The molecule has 2 aromatic heterocycles. The maximum absolute atomic E-state index is 13.1. The third kappa shape index (κ3) is 2.89. The lowest BCUT2D eigenvalue weighted by Gasteiger charge is -2.25. The lowest BCUT2D eigenvalue weighted by atomic mass is 9.81. The summed E-state index contributed by atoms with van der Waals surface area (Å²) in [5.41, 5.74) is 0.321. The highest BCUT2D eigenvalue weighted by atomic mass is 16.5. The van der Waals surface area contributed by atoms with Crippen LogP contribution in [0.25, 0.3) is 0 Å². The Morgan fingerprint density at radius 3 is 2.33 bits per heavy atom. The molecule has 0 radical (unpaired) electrons. The second-order valence-corrected chi connectivity index (χ2v) is 7.99. The van der Waals surface area contributed by atoms with Crippen LogP contribution in [-0.4, -0.2) is 62.9 Å². The Hall–Kier alpha value is -3.49. The fourth-order valence-corrected chi connectivity index (χ4v) is 4.56. The minimum absolute atomic E-state index is 0.0121.